The number of esters is 1. The van der Waals surface area contributed by atoms with Gasteiger partial charge in [0, 0.05) is 50.3 Å². The number of alkyl halides is 1. The first kappa shape index (κ1) is 30.1. The molecule has 6 atom stereocenters. The number of hydrogen-bond donors (Lipinski definition) is 4. The molecule has 3 fully saturated rings. The third-order valence-corrected chi connectivity index (χ3v) is 5.53. The number of aliphatic carboxylic acids is 4. The molecule has 1 saturated heterocycles. The molecular weight excluding hydrogens is 547 g/mol. The third-order valence-electron chi connectivity index (χ3n) is 4.33. The molecule has 0 aromatic carbocycles. The molecule has 0 spiro atoms. The minimum atomic E-state index is -0.981. The van der Waals surface area contributed by atoms with Crippen LogP contribution in [0.4, 0.5) is 0 Å². The van der Waals surface area contributed by atoms with E-state index in [0.717, 1.165) is 24.6 Å². The minimum Gasteiger partial charge on any atom is -0.481 e. The van der Waals surface area contributed by atoms with Gasteiger partial charge in [0.05, 0.1) is 16.7 Å². The number of hydrogen-bond acceptors (Lipinski definition) is 6. The van der Waals surface area contributed by atoms with Crippen LogP contribution in [0.2, 0.25) is 0 Å². The normalized spacial score (nSPS) is 28.2. The standard InChI is InChI=1S/C9H9BrO4.3C3H4O2.Zr/c10-6-2-1-3-5(4(2)8(11)12)9(13)14-7(3)6;3*1-2-3(4)5;/h2-7H,1H2,(H,11,12);3*2H,1H2,(H,4,5);. The number of ether oxygens (including phenoxy) is 1. The molecule has 3 aliphatic rings. The van der Waals surface area contributed by atoms with Crippen LogP contribution in [0.15, 0.2) is 38.0 Å². The molecule has 0 aromatic heterocycles. The average Bonchev–Trinajstić information content (AvgIpc) is 3.27. The molecular formula is C18H21BrO10Zr. The SMILES string of the molecule is C=CC(=O)O.C=CC(=O)O.C=CC(=O)O.O=C(O)C1C2CC3C(OC(=O)C31)C2Br.[Zr]. The molecule has 4 N–H and O–H groups in total. The van der Waals surface area contributed by atoms with E-state index in [1.54, 1.807) is 0 Å². The Morgan fingerprint density at radius 1 is 0.900 bits per heavy atom. The summed E-state index contributed by atoms with van der Waals surface area (Å²) in [7, 11) is 0. The fourth-order valence-corrected chi connectivity index (χ4v) is 4.35. The topological polar surface area (TPSA) is 175 Å². The Labute approximate surface area is 199 Å². The van der Waals surface area contributed by atoms with Gasteiger partial charge in [0.25, 0.3) is 0 Å². The van der Waals surface area contributed by atoms with Crippen molar-refractivity contribution in [2.75, 3.05) is 0 Å². The molecule has 0 amide bonds. The first-order valence-corrected chi connectivity index (χ1v) is 8.97. The van der Waals surface area contributed by atoms with E-state index in [1.807, 2.05) is 0 Å². The number of carboxylic acids is 4. The van der Waals surface area contributed by atoms with Gasteiger partial charge >= 0.3 is 29.8 Å². The van der Waals surface area contributed by atoms with Gasteiger partial charge in [0.15, 0.2) is 0 Å². The largest absolute Gasteiger partial charge is 0.481 e. The Morgan fingerprint density at radius 2 is 1.27 bits per heavy atom. The second-order valence-corrected chi connectivity index (χ2v) is 6.98. The molecule has 164 valence electrons. The van der Waals surface area contributed by atoms with Crippen LogP contribution in [0.3, 0.4) is 0 Å². The average molecular weight is 568 g/mol. The summed E-state index contributed by atoms with van der Waals surface area (Å²) in [6.07, 6.45) is 3.24. The fraction of sp³-hybridized carbons (Fsp3) is 0.389. The van der Waals surface area contributed by atoms with Crippen LogP contribution >= 0.6 is 15.9 Å². The Kier molecular flexibility index (Phi) is 14.1. The first-order chi connectivity index (χ1) is 13.4. The summed E-state index contributed by atoms with van der Waals surface area (Å²) in [6.45, 7) is 8.88. The predicted octanol–water partition coefficient (Wildman–Crippen LogP) is 1.41. The first-order valence-electron chi connectivity index (χ1n) is 8.06. The summed E-state index contributed by atoms with van der Waals surface area (Å²) in [5.74, 6) is -4.81. The second kappa shape index (κ2) is 14.0. The minimum absolute atomic E-state index is 0. The number of carbonyl (C=O) groups excluding carboxylic acids is 1. The van der Waals surface area contributed by atoms with Gasteiger partial charge in [0.1, 0.15) is 6.10 Å². The van der Waals surface area contributed by atoms with Crippen molar-refractivity contribution >= 4 is 45.8 Å². The zero-order chi connectivity index (χ0) is 22.9. The van der Waals surface area contributed by atoms with Crippen LogP contribution in [0.5, 0.6) is 0 Å². The molecule has 6 unspecified atom stereocenters. The molecule has 3 rings (SSSR count). The van der Waals surface area contributed by atoms with Crippen LogP contribution < -0.4 is 0 Å². The Morgan fingerprint density at radius 3 is 1.57 bits per heavy atom. The molecule has 2 aliphatic carbocycles. The Balaban J connectivity index is 0. The van der Waals surface area contributed by atoms with Crippen molar-refractivity contribution in [2.24, 2.45) is 23.7 Å². The van der Waals surface area contributed by atoms with Crippen molar-refractivity contribution in [1.82, 2.24) is 0 Å². The Hall–Kier alpha value is -2.07. The van der Waals surface area contributed by atoms with Crippen LogP contribution in [0, 0.1) is 23.7 Å². The number of carbonyl (C=O) groups is 5. The smallest absolute Gasteiger partial charge is 0.327 e. The maximum absolute atomic E-state index is 11.4. The van der Waals surface area contributed by atoms with E-state index in [1.165, 1.54) is 0 Å². The van der Waals surface area contributed by atoms with Gasteiger partial charge in [-0.25, -0.2) is 14.4 Å². The van der Waals surface area contributed by atoms with E-state index in [9.17, 15) is 24.0 Å². The van der Waals surface area contributed by atoms with Gasteiger partial charge in [-0.3, -0.25) is 9.59 Å². The molecule has 0 aromatic rings. The maximum Gasteiger partial charge on any atom is 0.327 e. The van der Waals surface area contributed by atoms with Crippen LogP contribution in [-0.4, -0.2) is 61.2 Å². The van der Waals surface area contributed by atoms with Gasteiger partial charge in [-0.15, -0.1) is 0 Å². The fourth-order valence-electron chi connectivity index (χ4n) is 3.31. The second-order valence-electron chi connectivity index (χ2n) is 5.93. The van der Waals surface area contributed by atoms with Gasteiger partial charge in [-0.1, -0.05) is 35.7 Å². The molecule has 12 heteroatoms. The predicted molar refractivity (Wildman–Crippen MR) is 102 cm³/mol. The van der Waals surface area contributed by atoms with E-state index in [-0.39, 0.29) is 60.9 Å². The van der Waals surface area contributed by atoms with E-state index in [0.29, 0.717) is 0 Å². The van der Waals surface area contributed by atoms with E-state index in [4.69, 9.17) is 25.2 Å². The summed E-state index contributed by atoms with van der Waals surface area (Å²) in [5.41, 5.74) is 0. The van der Waals surface area contributed by atoms with Crippen molar-refractivity contribution < 1.29 is 75.3 Å². The summed E-state index contributed by atoms with van der Waals surface area (Å²) in [4.78, 5) is 50.3. The molecule has 1 heterocycles. The maximum atomic E-state index is 11.4. The summed E-state index contributed by atoms with van der Waals surface area (Å²) in [6, 6.07) is 0. The van der Waals surface area contributed by atoms with Gasteiger partial charge < -0.3 is 25.2 Å². The van der Waals surface area contributed by atoms with E-state index in [2.05, 4.69) is 35.7 Å². The zero-order valence-electron chi connectivity index (χ0n) is 15.6. The molecule has 2 bridgehead atoms. The quantitative estimate of drug-likeness (QED) is 0.220. The van der Waals surface area contributed by atoms with E-state index < -0.39 is 29.8 Å². The number of halogens is 1. The van der Waals surface area contributed by atoms with Crippen molar-refractivity contribution in [3.63, 3.8) is 0 Å². The number of fused-ring (bicyclic) bond motifs is 1. The van der Waals surface area contributed by atoms with Crippen LogP contribution in [0.25, 0.3) is 0 Å². The van der Waals surface area contributed by atoms with Crippen LogP contribution in [-0.2, 0) is 54.9 Å². The Bertz CT molecular complexity index is 664. The molecule has 10 nitrogen and oxygen atoms in total. The van der Waals surface area contributed by atoms with Crippen molar-refractivity contribution in [1.29, 1.82) is 0 Å². The van der Waals surface area contributed by atoms with Gasteiger partial charge in [-0.2, -0.15) is 0 Å². The van der Waals surface area contributed by atoms with Crippen molar-refractivity contribution in [2.45, 2.75) is 17.4 Å². The third kappa shape index (κ3) is 8.35. The summed E-state index contributed by atoms with van der Waals surface area (Å²) < 4.78 is 5.18. The molecule has 2 saturated carbocycles. The van der Waals surface area contributed by atoms with E-state index >= 15 is 0 Å². The molecule has 1 aliphatic heterocycles. The summed E-state index contributed by atoms with van der Waals surface area (Å²) >= 11 is 3.44. The van der Waals surface area contributed by atoms with Crippen molar-refractivity contribution in [3.05, 3.63) is 38.0 Å². The molecule has 30 heavy (non-hydrogen) atoms. The monoisotopic (exact) mass is 566 g/mol. The van der Waals surface area contributed by atoms with Crippen molar-refractivity contribution in [3.8, 4) is 0 Å². The molecule has 0 radical (unpaired) electrons. The van der Waals surface area contributed by atoms with Crippen LogP contribution in [0.1, 0.15) is 6.42 Å². The van der Waals surface area contributed by atoms with Gasteiger partial charge in [-0.05, 0) is 12.3 Å². The zero-order valence-corrected chi connectivity index (χ0v) is 19.7. The number of rotatable bonds is 4. The summed E-state index contributed by atoms with van der Waals surface area (Å²) in [5, 5.41) is 31.9. The number of carboxylic acid groups (broad SMARTS) is 4. The van der Waals surface area contributed by atoms with Gasteiger partial charge in [0.2, 0.25) is 0 Å².